The topological polar surface area (TPSA) is 20.3 Å². The van der Waals surface area contributed by atoms with Crippen LogP contribution in [0.2, 0.25) is 5.02 Å². The average molecular weight is 266 g/mol. The van der Waals surface area contributed by atoms with Gasteiger partial charge < -0.3 is 4.90 Å². The first-order valence-corrected chi connectivity index (χ1v) is 6.28. The zero-order valence-corrected chi connectivity index (χ0v) is 12.4. The van der Waals surface area contributed by atoms with Gasteiger partial charge in [0.05, 0.1) is 0 Å². The Labute approximate surface area is 114 Å². The van der Waals surface area contributed by atoms with E-state index in [-0.39, 0.29) is 5.78 Å². The number of hydrogen-bond acceptors (Lipinski definition) is 2. The van der Waals surface area contributed by atoms with E-state index in [2.05, 4.69) is 0 Å². The third-order valence-electron chi connectivity index (χ3n) is 2.47. The van der Waals surface area contributed by atoms with Crippen LogP contribution in [0, 0.1) is 5.41 Å². The molecule has 0 spiro atoms. The summed E-state index contributed by atoms with van der Waals surface area (Å²) in [5.41, 5.74) is 1.21. The molecule has 0 aromatic heterocycles. The number of halogens is 1. The van der Waals surface area contributed by atoms with Crippen molar-refractivity contribution in [3.63, 3.8) is 0 Å². The summed E-state index contributed by atoms with van der Waals surface area (Å²) in [6.45, 7) is 5.78. The highest BCUT2D eigenvalue weighted by Gasteiger charge is 2.26. The molecule has 0 radical (unpaired) electrons. The van der Waals surface area contributed by atoms with E-state index in [1.807, 2.05) is 58.1 Å². The van der Waals surface area contributed by atoms with Gasteiger partial charge in [0.25, 0.3) is 0 Å². The number of benzene rings is 1. The summed E-state index contributed by atoms with van der Waals surface area (Å²) >= 11 is 5.88. The first-order chi connectivity index (χ1) is 8.21. The van der Waals surface area contributed by atoms with E-state index in [0.717, 1.165) is 5.56 Å². The quantitative estimate of drug-likeness (QED) is 0.774. The second-order valence-electron chi connectivity index (χ2n) is 5.59. The highest BCUT2D eigenvalue weighted by atomic mass is 35.5. The van der Waals surface area contributed by atoms with E-state index < -0.39 is 5.41 Å². The Morgan fingerprint density at radius 2 is 1.67 bits per heavy atom. The predicted molar refractivity (Wildman–Crippen MR) is 77.6 cm³/mol. The van der Waals surface area contributed by atoms with Gasteiger partial charge in [0, 0.05) is 36.3 Å². The molecule has 0 saturated heterocycles. The van der Waals surface area contributed by atoms with Crippen molar-refractivity contribution < 1.29 is 4.79 Å². The van der Waals surface area contributed by atoms with Crippen LogP contribution in [0.25, 0.3) is 5.57 Å². The molecule has 0 bridgehead atoms. The third-order valence-corrected chi connectivity index (χ3v) is 2.72. The van der Waals surface area contributed by atoms with Crippen molar-refractivity contribution in [2.75, 3.05) is 14.1 Å². The Morgan fingerprint density at radius 1 is 1.17 bits per heavy atom. The molecule has 0 amide bonds. The second kappa shape index (κ2) is 5.57. The van der Waals surface area contributed by atoms with Gasteiger partial charge in [-0.05, 0) is 17.7 Å². The van der Waals surface area contributed by atoms with Gasteiger partial charge in [-0.25, -0.2) is 0 Å². The molecule has 18 heavy (non-hydrogen) atoms. The lowest BCUT2D eigenvalue weighted by molar-refractivity contribution is -0.120. The molecule has 0 aliphatic heterocycles. The zero-order valence-electron chi connectivity index (χ0n) is 11.6. The summed E-state index contributed by atoms with van der Waals surface area (Å²) in [6.07, 6.45) is 1.86. The van der Waals surface area contributed by atoms with Crippen molar-refractivity contribution in [3.05, 3.63) is 41.1 Å². The monoisotopic (exact) mass is 265 g/mol. The van der Waals surface area contributed by atoms with Gasteiger partial charge in [-0.3, -0.25) is 4.79 Å². The molecule has 0 fully saturated rings. The summed E-state index contributed by atoms with van der Waals surface area (Å²) in [7, 11) is 3.82. The predicted octanol–water partition coefficient (Wildman–Crippen LogP) is 3.86. The van der Waals surface area contributed by atoms with Gasteiger partial charge in [-0.1, -0.05) is 44.5 Å². The molecule has 1 rings (SSSR count). The number of rotatable bonds is 3. The number of ketones is 1. The van der Waals surface area contributed by atoms with E-state index in [0.29, 0.717) is 10.6 Å². The minimum Gasteiger partial charge on any atom is -0.383 e. The van der Waals surface area contributed by atoms with Gasteiger partial charge >= 0.3 is 0 Å². The molecule has 0 atom stereocenters. The van der Waals surface area contributed by atoms with E-state index in [9.17, 15) is 4.79 Å². The maximum atomic E-state index is 12.5. The molecule has 0 saturated carbocycles. The molecule has 0 aliphatic carbocycles. The molecule has 0 unspecified atom stereocenters. The molecule has 0 heterocycles. The number of allylic oxidation sites excluding steroid dienone is 1. The highest BCUT2D eigenvalue weighted by molar-refractivity contribution is 6.30. The molecular formula is C15H20ClNO. The minimum absolute atomic E-state index is 0.124. The number of hydrogen-bond donors (Lipinski definition) is 0. The Kier molecular flexibility index (Phi) is 4.58. The van der Waals surface area contributed by atoms with Gasteiger partial charge in [-0.15, -0.1) is 0 Å². The number of carbonyl (C=O) groups excluding carboxylic acids is 1. The van der Waals surface area contributed by atoms with E-state index in [4.69, 9.17) is 11.6 Å². The lowest BCUT2D eigenvalue weighted by Crippen LogP contribution is -2.22. The van der Waals surface area contributed by atoms with Crippen LogP contribution in [0.5, 0.6) is 0 Å². The van der Waals surface area contributed by atoms with Gasteiger partial charge in [0.2, 0.25) is 0 Å². The maximum Gasteiger partial charge on any atom is 0.170 e. The molecule has 1 aromatic rings. The standard InChI is InChI=1S/C15H20ClNO/c1-15(2,3)14(18)13(10-17(4)5)11-6-8-12(16)9-7-11/h6-10H,1-5H3/b13-10+. The van der Waals surface area contributed by atoms with Crippen LogP contribution < -0.4 is 0 Å². The van der Waals surface area contributed by atoms with Crippen molar-refractivity contribution in [2.24, 2.45) is 5.41 Å². The van der Waals surface area contributed by atoms with Crippen LogP contribution in [0.4, 0.5) is 0 Å². The second-order valence-corrected chi connectivity index (χ2v) is 6.03. The summed E-state index contributed by atoms with van der Waals surface area (Å²) in [5.74, 6) is 0.124. The van der Waals surface area contributed by atoms with Crippen LogP contribution in [0.3, 0.4) is 0 Å². The molecular weight excluding hydrogens is 246 g/mol. The number of nitrogens with zero attached hydrogens (tertiary/aromatic N) is 1. The van der Waals surface area contributed by atoms with Crippen molar-refractivity contribution in [3.8, 4) is 0 Å². The number of Topliss-reactive ketones (excluding diaryl/α,β-unsaturated/α-hetero) is 1. The third kappa shape index (κ3) is 3.88. The van der Waals surface area contributed by atoms with Gasteiger partial charge in [-0.2, -0.15) is 0 Å². The summed E-state index contributed by atoms with van der Waals surface area (Å²) in [6, 6.07) is 7.36. The minimum atomic E-state index is -0.401. The largest absolute Gasteiger partial charge is 0.383 e. The molecule has 0 N–H and O–H groups in total. The maximum absolute atomic E-state index is 12.5. The van der Waals surface area contributed by atoms with Crippen LogP contribution in [0.1, 0.15) is 26.3 Å². The lowest BCUT2D eigenvalue weighted by atomic mass is 9.84. The SMILES string of the molecule is CN(C)/C=C(/C(=O)C(C)(C)C)c1ccc(Cl)cc1. The van der Waals surface area contributed by atoms with Crippen molar-refractivity contribution in [1.29, 1.82) is 0 Å². The van der Waals surface area contributed by atoms with Gasteiger partial charge in [0.1, 0.15) is 0 Å². The lowest BCUT2D eigenvalue weighted by Gasteiger charge is -2.20. The molecule has 0 aliphatic rings. The Bertz CT molecular complexity index is 452. The Morgan fingerprint density at radius 3 is 2.06 bits per heavy atom. The van der Waals surface area contributed by atoms with Crippen molar-refractivity contribution in [2.45, 2.75) is 20.8 Å². The van der Waals surface area contributed by atoms with Crippen LogP contribution in [-0.2, 0) is 4.79 Å². The first-order valence-electron chi connectivity index (χ1n) is 5.91. The Hall–Kier alpha value is -1.28. The van der Waals surface area contributed by atoms with Crippen LogP contribution in [0.15, 0.2) is 30.5 Å². The zero-order chi connectivity index (χ0) is 13.9. The molecule has 3 heteroatoms. The number of carbonyl (C=O) groups is 1. The fraction of sp³-hybridized carbons (Fsp3) is 0.400. The highest BCUT2D eigenvalue weighted by Crippen LogP contribution is 2.27. The molecule has 98 valence electrons. The van der Waals surface area contributed by atoms with Gasteiger partial charge in [0.15, 0.2) is 5.78 Å². The molecule has 2 nitrogen and oxygen atoms in total. The van der Waals surface area contributed by atoms with E-state index in [1.165, 1.54) is 0 Å². The smallest absolute Gasteiger partial charge is 0.170 e. The van der Waals surface area contributed by atoms with E-state index >= 15 is 0 Å². The fourth-order valence-corrected chi connectivity index (χ4v) is 1.68. The summed E-state index contributed by atoms with van der Waals surface area (Å²) < 4.78 is 0. The van der Waals surface area contributed by atoms with Crippen molar-refractivity contribution in [1.82, 2.24) is 4.90 Å². The first kappa shape index (κ1) is 14.8. The summed E-state index contributed by atoms with van der Waals surface area (Å²) in [4.78, 5) is 14.3. The Balaban J connectivity index is 3.23. The molecule has 1 aromatic carbocycles. The van der Waals surface area contributed by atoms with Crippen LogP contribution >= 0.6 is 11.6 Å². The van der Waals surface area contributed by atoms with E-state index in [1.54, 1.807) is 12.1 Å². The summed E-state index contributed by atoms with van der Waals surface area (Å²) in [5, 5.41) is 0.672. The normalized spacial score (nSPS) is 12.4. The van der Waals surface area contributed by atoms with Crippen LogP contribution in [-0.4, -0.2) is 24.8 Å². The van der Waals surface area contributed by atoms with Crippen molar-refractivity contribution >= 4 is 23.0 Å². The average Bonchev–Trinajstić information content (AvgIpc) is 2.25. The fourth-order valence-electron chi connectivity index (χ4n) is 1.56.